The van der Waals surface area contributed by atoms with E-state index in [-0.39, 0.29) is 48.2 Å². The molecule has 28 heavy (non-hydrogen) atoms. The van der Waals surface area contributed by atoms with Crippen molar-refractivity contribution in [2.24, 2.45) is 4.99 Å². The summed E-state index contributed by atoms with van der Waals surface area (Å²) in [6, 6.07) is 8.43. The summed E-state index contributed by atoms with van der Waals surface area (Å²) < 4.78 is 30.4. The van der Waals surface area contributed by atoms with Gasteiger partial charge in [-0.15, -0.1) is 24.0 Å². The Kier molecular flexibility index (Phi) is 9.42. The van der Waals surface area contributed by atoms with Crippen LogP contribution in [0, 0.1) is 0 Å². The minimum absolute atomic E-state index is 0. The Balaban J connectivity index is 0.00000392. The molecule has 0 aliphatic heterocycles. The van der Waals surface area contributed by atoms with Gasteiger partial charge in [0, 0.05) is 18.5 Å². The fourth-order valence-corrected chi connectivity index (χ4v) is 3.45. The second-order valence-electron chi connectivity index (χ2n) is 7.12. The fourth-order valence-electron chi connectivity index (χ4n) is 2.27. The molecular formula is C19H29IN4O3S. The van der Waals surface area contributed by atoms with Crippen molar-refractivity contribution in [3.05, 3.63) is 48.2 Å². The van der Waals surface area contributed by atoms with E-state index in [9.17, 15) is 8.42 Å². The van der Waals surface area contributed by atoms with E-state index in [0.717, 1.165) is 5.76 Å². The standard InChI is InChI=1S/C19H28N4O3S.HI/c1-5-20-18(23-14-17-22-13-16(26-17)19(2,3)4)21-11-12-27(24,25)15-9-7-6-8-10-15;/h6-10,13H,5,11-12,14H2,1-4H3,(H2,20,21,23);1H. The van der Waals surface area contributed by atoms with Crippen molar-refractivity contribution in [2.45, 2.75) is 44.6 Å². The van der Waals surface area contributed by atoms with E-state index in [0.29, 0.717) is 23.3 Å². The molecule has 0 saturated heterocycles. The molecule has 0 fully saturated rings. The molecule has 1 aromatic heterocycles. The van der Waals surface area contributed by atoms with E-state index < -0.39 is 9.84 Å². The number of sulfone groups is 1. The van der Waals surface area contributed by atoms with Crippen LogP contribution < -0.4 is 10.6 Å². The SMILES string of the molecule is CCNC(=NCc1ncc(C(C)(C)C)o1)NCCS(=O)(=O)c1ccccc1.I. The lowest BCUT2D eigenvalue weighted by atomic mass is 9.94. The van der Waals surface area contributed by atoms with Crippen LogP contribution in [-0.2, 0) is 21.8 Å². The molecule has 2 N–H and O–H groups in total. The molecule has 9 heteroatoms. The van der Waals surface area contributed by atoms with E-state index in [2.05, 4.69) is 41.4 Å². The van der Waals surface area contributed by atoms with E-state index >= 15 is 0 Å². The zero-order valence-electron chi connectivity index (χ0n) is 16.7. The Morgan fingerprint density at radius 2 is 1.86 bits per heavy atom. The molecule has 0 radical (unpaired) electrons. The maximum Gasteiger partial charge on any atom is 0.216 e. The molecule has 0 bridgehead atoms. The normalized spacial score (nSPS) is 12.4. The Morgan fingerprint density at radius 1 is 1.18 bits per heavy atom. The van der Waals surface area contributed by atoms with Gasteiger partial charge < -0.3 is 15.1 Å². The third-order valence-corrected chi connectivity index (χ3v) is 5.51. The summed E-state index contributed by atoms with van der Waals surface area (Å²) in [5.74, 6) is 1.83. The molecule has 156 valence electrons. The van der Waals surface area contributed by atoms with Gasteiger partial charge in [0.25, 0.3) is 0 Å². The number of hydrogen-bond donors (Lipinski definition) is 2. The first-order chi connectivity index (χ1) is 12.7. The largest absolute Gasteiger partial charge is 0.443 e. The van der Waals surface area contributed by atoms with Gasteiger partial charge >= 0.3 is 0 Å². The van der Waals surface area contributed by atoms with Gasteiger partial charge in [0.1, 0.15) is 12.3 Å². The molecule has 0 amide bonds. The predicted octanol–water partition coefficient (Wildman–Crippen LogP) is 3.12. The second kappa shape index (κ2) is 10.8. The quantitative estimate of drug-likeness (QED) is 0.331. The first kappa shape index (κ1) is 24.4. The molecule has 2 rings (SSSR count). The van der Waals surface area contributed by atoms with Crippen LogP contribution >= 0.6 is 24.0 Å². The summed E-state index contributed by atoms with van der Waals surface area (Å²) in [4.78, 5) is 8.99. The smallest absolute Gasteiger partial charge is 0.216 e. The number of rotatable bonds is 7. The fraction of sp³-hybridized carbons (Fsp3) is 0.474. The summed E-state index contributed by atoms with van der Waals surface area (Å²) in [6.45, 7) is 9.30. The molecule has 7 nitrogen and oxygen atoms in total. The van der Waals surface area contributed by atoms with Gasteiger partial charge in [-0.05, 0) is 19.1 Å². The Labute approximate surface area is 184 Å². The van der Waals surface area contributed by atoms with Gasteiger partial charge in [0.05, 0.1) is 16.8 Å². The maximum absolute atomic E-state index is 12.3. The van der Waals surface area contributed by atoms with Gasteiger partial charge in [-0.3, -0.25) is 0 Å². The Morgan fingerprint density at radius 3 is 2.43 bits per heavy atom. The molecule has 0 spiro atoms. The summed E-state index contributed by atoms with van der Waals surface area (Å²) in [5, 5.41) is 6.13. The van der Waals surface area contributed by atoms with Crippen LogP contribution in [0.1, 0.15) is 39.3 Å². The van der Waals surface area contributed by atoms with E-state index in [1.165, 1.54) is 0 Å². The number of oxazole rings is 1. The number of halogens is 1. The van der Waals surface area contributed by atoms with E-state index in [4.69, 9.17) is 4.42 Å². The molecular weight excluding hydrogens is 491 g/mol. The third kappa shape index (κ3) is 7.42. The molecule has 0 aliphatic rings. The highest BCUT2D eigenvalue weighted by atomic mass is 127. The number of nitrogens with zero attached hydrogens (tertiary/aromatic N) is 2. The molecule has 2 aromatic rings. The lowest BCUT2D eigenvalue weighted by molar-refractivity contribution is 0.383. The molecule has 1 aromatic carbocycles. The Bertz CT molecular complexity index is 859. The first-order valence-corrected chi connectivity index (χ1v) is 10.6. The summed E-state index contributed by atoms with van der Waals surface area (Å²) >= 11 is 0. The predicted molar refractivity (Wildman–Crippen MR) is 122 cm³/mol. The van der Waals surface area contributed by atoms with Gasteiger partial charge in [0.2, 0.25) is 5.89 Å². The van der Waals surface area contributed by atoms with E-state index in [1.54, 1.807) is 36.5 Å². The highest BCUT2D eigenvalue weighted by molar-refractivity contribution is 14.0. The van der Waals surface area contributed by atoms with Crippen LogP contribution in [0.15, 0.2) is 50.8 Å². The molecule has 0 saturated carbocycles. The average Bonchev–Trinajstić information content (AvgIpc) is 3.10. The zero-order valence-corrected chi connectivity index (χ0v) is 19.9. The number of guanidine groups is 1. The van der Waals surface area contributed by atoms with Crippen LogP contribution in [0.2, 0.25) is 0 Å². The number of nitrogens with one attached hydrogen (secondary N) is 2. The summed E-state index contributed by atoms with van der Waals surface area (Å²) in [5.41, 5.74) is -0.108. The summed E-state index contributed by atoms with van der Waals surface area (Å²) in [6.07, 6.45) is 1.72. The van der Waals surface area contributed by atoms with Crippen LogP contribution in [0.4, 0.5) is 0 Å². The maximum atomic E-state index is 12.3. The third-order valence-electron chi connectivity index (χ3n) is 3.77. The van der Waals surface area contributed by atoms with E-state index in [1.807, 2.05) is 6.92 Å². The van der Waals surface area contributed by atoms with Gasteiger partial charge in [0.15, 0.2) is 15.8 Å². The van der Waals surface area contributed by atoms with Crippen molar-refractivity contribution in [3.8, 4) is 0 Å². The lowest BCUT2D eigenvalue weighted by Gasteiger charge is -2.13. The van der Waals surface area contributed by atoms with Crippen molar-refractivity contribution in [2.75, 3.05) is 18.8 Å². The van der Waals surface area contributed by atoms with Crippen LogP contribution in [0.5, 0.6) is 0 Å². The Hall–Kier alpha value is -1.62. The minimum atomic E-state index is -3.33. The monoisotopic (exact) mass is 520 g/mol. The molecule has 0 aliphatic carbocycles. The van der Waals surface area contributed by atoms with Crippen molar-refractivity contribution < 1.29 is 12.8 Å². The molecule has 1 heterocycles. The number of aliphatic imine (C=N–C) groups is 1. The zero-order chi connectivity index (χ0) is 19.9. The van der Waals surface area contributed by atoms with Gasteiger partial charge in [-0.1, -0.05) is 39.0 Å². The molecule has 0 atom stereocenters. The average molecular weight is 520 g/mol. The van der Waals surface area contributed by atoms with Crippen molar-refractivity contribution in [3.63, 3.8) is 0 Å². The van der Waals surface area contributed by atoms with Crippen LogP contribution in [0.3, 0.4) is 0 Å². The second-order valence-corrected chi connectivity index (χ2v) is 9.23. The number of aromatic nitrogens is 1. The van der Waals surface area contributed by atoms with Gasteiger partial charge in [-0.25, -0.2) is 18.4 Å². The topological polar surface area (TPSA) is 96.6 Å². The number of benzene rings is 1. The highest BCUT2D eigenvalue weighted by Gasteiger charge is 2.19. The highest BCUT2D eigenvalue weighted by Crippen LogP contribution is 2.22. The van der Waals surface area contributed by atoms with Crippen molar-refractivity contribution in [1.29, 1.82) is 0 Å². The summed E-state index contributed by atoms with van der Waals surface area (Å²) in [7, 11) is -3.33. The minimum Gasteiger partial charge on any atom is -0.443 e. The number of hydrogen-bond acceptors (Lipinski definition) is 5. The lowest BCUT2D eigenvalue weighted by Crippen LogP contribution is -2.39. The van der Waals surface area contributed by atoms with Crippen LogP contribution in [0.25, 0.3) is 0 Å². The van der Waals surface area contributed by atoms with Gasteiger partial charge in [-0.2, -0.15) is 0 Å². The van der Waals surface area contributed by atoms with Crippen LogP contribution in [-0.4, -0.2) is 38.2 Å². The van der Waals surface area contributed by atoms with Crippen molar-refractivity contribution >= 4 is 39.8 Å². The molecule has 0 unspecified atom stereocenters. The first-order valence-electron chi connectivity index (χ1n) is 8.97. The van der Waals surface area contributed by atoms with Crippen molar-refractivity contribution in [1.82, 2.24) is 15.6 Å².